The molecule has 3 rings (SSSR count). The second kappa shape index (κ2) is 7.05. The van der Waals surface area contributed by atoms with E-state index in [0.29, 0.717) is 28.6 Å². The molecular formula is C19H18ClNO3. The van der Waals surface area contributed by atoms with Crippen LogP contribution in [0.15, 0.2) is 41.4 Å². The molecule has 0 amide bonds. The molecule has 0 aliphatic carbocycles. The van der Waals surface area contributed by atoms with E-state index in [-0.39, 0.29) is 12.2 Å². The molecular weight excluding hydrogens is 326 g/mol. The van der Waals surface area contributed by atoms with Gasteiger partial charge in [-0.15, -0.1) is 0 Å². The average molecular weight is 344 g/mol. The summed E-state index contributed by atoms with van der Waals surface area (Å²) in [5, 5.41) is 0.554. The highest BCUT2D eigenvalue weighted by atomic mass is 35.5. The molecule has 1 heterocycles. The van der Waals surface area contributed by atoms with E-state index in [4.69, 9.17) is 21.1 Å². The van der Waals surface area contributed by atoms with E-state index >= 15 is 0 Å². The van der Waals surface area contributed by atoms with Crippen molar-refractivity contribution in [2.24, 2.45) is 4.99 Å². The lowest BCUT2D eigenvalue weighted by molar-refractivity contribution is 0.100. The SMILES string of the molecule is COc1cc2c(cc1OC)C(CC(=O)c1cccc(Cl)c1)=NCC2. The molecule has 0 saturated carbocycles. The summed E-state index contributed by atoms with van der Waals surface area (Å²) in [7, 11) is 3.21. The predicted octanol–water partition coefficient (Wildman–Crippen LogP) is 3.98. The minimum atomic E-state index is -0.00103. The summed E-state index contributed by atoms with van der Waals surface area (Å²) in [4.78, 5) is 17.1. The lowest BCUT2D eigenvalue weighted by Crippen LogP contribution is -2.17. The van der Waals surface area contributed by atoms with Gasteiger partial charge in [-0.25, -0.2) is 0 Å². The first-order chi connectivity index (χ1) is 11.6. The zero-order chi connectivity index (χ0) is 17.1. The topological polar surface area (TPSA) is 47.9 Å². The molecule has 5 heteroatoms. The monoisotopic (exact) mass is 343 g/mol. The molecule has 0 atom stereocenters. The first-order valence-corrected chi connectivity index (χ1v) is 8.07. The minimum Gasteiger partial charge on any atom is -0.493 e. The summed E-state index contributed by atoms with van der Waals surface area (Å²) in [6, 6.07) is 10.9. The highest BCUT2D eigenvalue weighted by molar-refractivity contribution is 6.31. The number of hydrogen-bond donors (Lipinski definition) is 0. The van der Waals surface area contributed by atoms with Crippen LogP contribution >= 0.6 is 11.6 Å². The number of methoxy groups -OCH3 is 2. The maximum absolute atomic E-state index is 12.6. The van der Waals surface area contributed by atoms with Crippen LogP contribution in [0, 0.1) is 0 Å². The van der Waals surface area contributed by atoms with Gasteiger partial charge in [-0.2, -0.15) is 0 Å². The second-order valence-electron chi connectivity index (χ2n) is 5.55. The number of benzene rings is 2. The van der Waals surface area contributed by atoms with E-state index in [9.17, 15) is 4.79 Å². The standard InChI is InChI=1S/C19H18ClNO3/c1-23-18-9-12-6-7-21-16(15(12)10-19(18)24-2)11-17(22)13-4-3-5-14(20)8-13/h3-5,8-10H,6-7,11H2,1-2H3. The molecule has 1 aliphatic heterocycles. The quantitative estimate of drug-likeness (QED) is 0.772. The summed E-state index contributed by atoms with van der Waals surface area (Å²) in [6.07, 6.45) is 1.06. The summed E-state index contributed by atoms with van der Waals surface area (Å²) in [5.74, 6) is 1.33. The van der Waals surface area contributed by atoms with Gasteiger partial charge in [0.2, 0.25) is 0 Å². The molecule has 4 nitrogen and oxygen atoms in total. The number of carbonyl (C=O) groups is 1. The molecule has 1 aliphatic rings. The lowest BCUT2D eigenvalue weighted by Gasteiger charge is -2.19. The number of ether oxygens (including phenoxy) is 2. The van der Waals surface area contributed by atoms with Crippen LogP contribution in [0.5, 0.6) is 11.5 Å². The molecule has 124 valence electrons. The third-order valence-corrected chi connectivity index (χ3v) is 4.31. The normalized spacial score (nSPS) is 13.0. The Morgan fingerprint density at radius 2 is 1.92 bits per heavy atom. The van der Waals surface area contributed by atoms with Crippen LogP contribution in [0.1, 0.15) is 27.9 Å². The molecule has 0 saturated heterocycles. The van der Waals surface area contributed by atoms with Gasteiger partial charge < -0.3 is 9.47 Å². The van der Waals surface area contributed by atoms with Gasteiger partial charge in [0.05, 0.1) is 26.4 Å². The Hall–Kier alpha value is -2.33. The molecule has 0 bridgehead atoms. The fraction of sp³-hybridized carbons (Fsp3) is 0.263. The maximum atomic E-state index is 12.6. The van der Waals surface area contributed by atoms with Gasteiger partial charge in [0.15, 0.2) is 17.3 Å². The Morgan fingerprint density at radius 3 is 2.62 bits per heavy atom. The molecule has 0 unspecified atom stereocenters. The summed E-state index contributed by atoms with van der Waals surface area (Å²) >= 11 is 5.97. The molecule has 0 spiro atoms. The van der Waals surface area contributed by atoms with Crippen LogP contribution in [0.2, 0.25) is 5.02 Å². The number of hydrogen-bond acceptors (Lipinski definition) is 4. The van der Waals surface area contributed by atoms with E-state index in [2.05, 4.69) is 4.99 Å². The molecule has 2 aromatic carbocycles. The fourth-order valence-corrected chi connectivity index (χ4v) is 3.05. The molecule has 0 aromatic heterocycles. The Labute approximate surface area is 146 Å². The van der Waals surface area contributed by atoms with Crippen molar-refractivity contribution in [3.8, 4) is 11.5 Å². The number of Topliss-reactive ketones (excluding diaryl/α,β-unsaturated/α-hetero) is 1. The third-order valence-electron chi connectivity index (χ3n) is 4.08. The van der Waals surface area contributed by atoms with Crippen LogP contribution in [-0.2, 0) is 6.42 Å². The number of aliphatic imine (C=N–C) groups is 1. The van der Waals surface area contributed by atoms with Gasteiger partial charge >= 0.3 is 0 Å². The van der Waals surface area contributed by atoms with Gasteiger partial charge in [0.25, 0.3) is 0 Å². The average Bonchev–Trinajstić information content (AvgIpc) is 2.60. The number of carbonyl (C=O) groups excluding carboxylic acids is 1. The smallest absolute Gasteiger partial charge is 0.168 e. The van der Waals surface area contributed by atoms with Crippen LogP contribution < -0.4 is 9.47 Å². The van der Waals surface area contributed by atoms with Crippen LogP contribution in [0.3, 0.4) is 0 Å². The summed E-state index contributed by atoms with van der Waals surface area (Å²) in [6.45, 7) is 0.667. The van der Waals surface area contributed by atoms with Gasteiger partial charge in [-0.05, 0) is 36.2 Å². The van der Waals surface area contributed by atoms with Crippen molar-refractivity contribution in [3.05, 3.63) is 58.1 Å². The van der Waals surface area contributed by atoms with E-state index in [1.165, 1.54) is 0 Å². The first-order valence-electron chi connectivity index (χ1n) is 7.69. The lowest BCUT2D eigenvalue weighted by atomic mass is 9.93. The van der Waals surface area contributed by atoms with Gasteiger partial charge in [-0.1, -0.05) is 23.7 Å². The Morgan fingerprint density at radius 1 is 1.17 bits per heavy atom. The molecule has 2 aromatic rings. The number of ketones is 1. The first kappa shape index (κ1) is 16.5. The van der Waals surface area contributed by atoms with Gasteiger partial charge in [0, 0.05) is 22.7 Å². The number of fused-ring (bicyclic) bond motifs is 1. The van der Waals surface area contributed by atoms with Crippen molar-refractivity contribution < 1.29 is 14.3 Å². The van der Waals surface area contributed by atoms with E-state index in [0.717, 1.165) is 23.3 Å². The van der Waals surface area contributed by atoms with Gasteiger partial charge in [-0.3, -0.25) is 9.79 Å². The summed E-state index contributed by atoms with van der Waals surface area (Å²) < 4.78 is 10.7. The van der Waals surface area contributed by atoms with Crippen molar-refractivity contribution in [2.45, 2.75) is 12.8 Å². The third kappa shape index (κ3) is 3.29. The largest absolute Gasteiger partial charge is 0.493 e. The molecule has 0 fully saturated rings. The van der Waals surface area contributed by atoms with Crippen molar-refractivity contribution in [1.82, 2.24) is 0 Å². The Kier molecular flexibility index (Phi) is 4.86. The number of nitrogens with zero attached hydrogens (tertiary/aromatic N) is 1. The van der Waals surface area contributed by atoms with Crippen molar-refractivity contribution in [1.29, 1.82) is 0 Å². The summed E-state index contributed by atoms with van der Waals surface area (Å²) in [5.41, 5.74) is 3.45. The van der Waals surface area contributed by atoms with E-state index < -0.39 is 0 Å². The van der Waals surface area contributed by atoms with Gasteiger partial charge in [0.1, 0.15) is 0 Å². The maximum Gasteiger partial charge on any atom is 0.168 e. The predicted molar refractivity (Wildman–Crippen MR) is 95.1 cm³/mol. The van der Waals surface area contributed by atoms with E-state index in [1.807, 2.05) is 12.1 Å². The Bertz CT molecular complexity index is 814. The van der Waals surface area contributed by atoms with Crippen LogP contribution in [0.4, 0.5) is 0 Å². The van der Waals surface area contributed by atoms with Crippen molar-refractivity contribution in [2.75, 3.05) is 20.8 Å². The number of halogens is 1. The highest BCUT2D eigenvalue weighted by Gasteiger charge is 2.21. The van der Waals surface area contributed by atoms with E-state index in [1.54, 1.807) is 38.5 Å². The minimum absolute atomic E-state index is 0.00103. The molecule has 0 N–H and O–H groups in total. The molecule has 24 heavy (non-hydrogen) atoms. The fourth-order valence-electron chi connectivity index (χ4n) is 2.86. The molecule has 0 radical (unpaired) electrons. The zero-order valence-electron chi connectivity index (χ0n) is 13.6. The van der Waals surface area contributed by atoms with Crippen molar-refractivity contribution >= 4 is 23.1 Å². The Balaban J connectivity index is 1.91. The number of rotatable bonds is 5. The van der Waals surface area contributed by atoms with Crippen LogP contribution in [-0.4, -0.2) is 32.3 Å². The van der Waals surface area contributed by atoms with Crippen molar-refractivity contribution in [3.63, 3.8) is 0 Å². The second-order valence-corrected chi connectivity index (χ2v) is 5.99. The highest BCUT2D eigenvalue weighted by Crippen LogP contribution is 2.33. The zero-order valence-corrected chi connectivity index (χ0v) is 14.4. The van der Waals surface area contributed by atoms with Crippen LogP contribution in [0.25, 0.3) is 0 Å².